The first kappa shape index (κ1) is 34.6. The zero-order chi connectivity index (χ0) is 31.1. The highest BCUT2D eigenvalue weighted by atomic mass is 16.6. The zero-order valence-corrected chi connectivity index (χ0v) is 26.5. The quantitative estimate of drug-likeness (QED) is 0.136. The Labute approximate surface area is 252 Å². The predicted octanol–water partition coefficient (Wildman–Crippen LogP) is 7.34. The number of hydrogen-bond acceptors (Lipinski definition) is 7. The van der Waals surface area contributed by atoms with E-state index < -0.39 is 5.60 Å². The van der Waals surface area contributed by atoms with E-state index in [1.54, 1.807) is 13.8 Å². The molecule has 0 heterocycles. The molecule has 8 nitrogen and oxygen atoms in total. The van der Waals surface area contributed by atoms with Gasteiger partial charge in [-0.25, -0.2) is 9.98 Å². The largest absolute Gasteiger partial charge is 0.480 e. The summed E-state index contributed by atoms with van der Waals surface area (Å²) in [5.74, 6) is 2.45. The second kappa shape index (κ2) is 17.3. The third-order valence-electron chi connectivity index (χ3n) is 6.73. The van der Waals surface area contributed by atoms with Crippen molar-refractivity contribution in [1.82, 2.24) is 4.90 Å². The first-order chi connectivity index (χ1) is 20.1. The SMILES string of the molecule is C=NO/C(CC(C)C)=N\CN(CCc1ccc(OC(C)(C)C(C)=O)cc1)Cc1ccc(C(=N)N=CC2CC2)cc1.CC. The number of carbonyl (C=O) groups is 1. The maximum absolute atomic E-state index is 11.8. The summed E-state index contributed by atoms with van der Waals surface area (Å²) >= 11 is 0. The van der Waals surface area contributed by atoms with E-state index in [2.05, 4.69) is 35.6 Å². The van der Waals surface area contributed by atoms with Crippen LogP contribution >= 0.6 is 0 Å². The van der Waals surface area contributed by atoms with Crippen molar-refractivity contribution in [3.8, 4) is 5.75 Å². The number of ketones is 1. The number of nitrogens with zero attached hydrogens (tertiary/aromatic N) is 4. The molecule has 1 saturated carbocycles. The maximum atomic E-state index is 11.8. The average molecular weight is 576 g/mol. The first-order valence-corrected chi connectivity index (χ1v) is 15.0. The molecule has 0 atom stereocenters. The zero-order valence-electron chi connectivity index (χ0n) is 26.5. The van der Waals surface area contributed by atoms with Crippen molar-refractivity contribution in [3.63, 3.8) is 0 Å². The van der Waals surface area contributed by atoms with Crippen LogP contribution in [-0.4, -0.2) is 54.2 Å². The summed E-state index contributed by atoms with van der Waals surface area (Å²) in [5.41, 5.74) is 2.24. The van der Waals surface area contributed by atoms with E-state index in [1.807, 2.05) is 68.6 Å². The fraction of sp³-hybridized carbons (Fsp3) is 0.500. The van der Waals surface area contributed by atoms with Crippen molar-refractivity contribution >= 4 is 30.4 Å². The van der Waals surface area contributed by atoms with Crippen molar-refractivity contribution in [2.24, 2.45) is 27.0 Å². The van der Waals surface area contributed by atoms with Gasteiger partial charge in [-0.05, 0) is 75.1 Å². The Morgan fingerprint density at radius 3 is 2.26 bits per heavy atom. The first-order valence-electron chi connectivity index (χ1n) is 15.0. The summed E-state index contributed by atoms with van der Waals surface area (Å²) in [4.78, 5) is 28.4. The number of aliphatic imine (C=N–C) groups is 2. The highest BCUT2D eigenvalue weighted by Gasteiger charge is 2.25. The van der Waals surface area contributed by atoms with Crippen molar-refractivity contribution in [2.45, 2.75) is 86.3 Å². The van der Waals surface area contributed by atoms with Crippen LogP contribution < -0.4 is 4.74 Å². The summed E-state index contributed by atoms with van der Waals surface area (Å²) in [6, 6.07) is 15.9. The number of nitrogens with one attached hydrogen (secondary N) is 1. The van der Waals surface area contributed by atoms with Gasteiger partial charge in [0.1, 0.15) is 5.75 Å². The summed E-state index contributed by atoms with van der Waals surface area (Å²) in [6.45, 7) is 18.7. The second-order valence-electron chi connectivity index (χ2n) is 11.3. The molecule has 1 aliphatic carbocycles. The van der Waals surface area contributed by atoms with E-state index in [1.165, 1.54) is 19.8 Å². The number of amidine groups is 1. The van der Waals surface area contributed by atoms with Gasteiger partial charge >= 0.3 is 0 Å². The summed E-state index contributed by atoms with van der Waals surface area (Å²) in [5, 5.41) is 11.8. The molecule has 0 aliphatic heterocycles. The van der Waals surface area contributed by atoms with Gasteiger partial charge < -0.3 is 9.57 Å². The Morgan fingerprint density at radius 2 is 1.71 bits per heavy atom. The molecular weight excluding hydrogens is 526 g/mol. The standard InChI is InChI=1S/C32H43N5O3.C2H6/c1-23(2)19-30(40-34-6)36-22-37(18-17-25-11-15-29(16-12-25)39-32(4,5)24(3)38)21-27-9-13-28(14-10-27)31(33)35-20-26-7-8-26;1-2/h9-16,20,23,26,33H,6-8,17-19,21-22H2,1-5H3;1-2H3/b33-31?,35-20?,36-30-;. The molecule has 2 aromatic rings. The Morgan fingerprint density at radius 1 is 1.10 bits per heavy atom. The molecule has 1 aliphatic rings. The molecule has 0 bridgehead atoms. The van der Waals surface area contributed by atoms with E-state index in [-0.39, 0.29) is 5.78 Å². The Kier molecular flexibility index (Phi) is 14.3. The molecule has 0 spiro atoms. The summed E-state index contributed by atoms with van der Waals surface area (Å²) < 4.78 is 5.87. The smallest absolute Gasteiger partial charge is 0.221 e. The number of benzene rings is 2. The molecule has 8 heteroatoms. The minimum absolute atomic E-state index is 0.0175. The van der Waals surface area contributed by atoms with E-state index >= 15 is 0 Å². The summed E-state index contributed by atoms with van der Waals surface area (Å²) in [6.07, 6.45) is 5.75. The molecular formula is C34H49N5O3. The molecule has 0 radical (unpaired) electrons. The minimum atomic E-state index is -0.857. The lowest BCUT2D eigenvalue weighted by atomic mass is 10.1. The van der Waals surface area contributed by atoms with Crippen molar-refractivity contribution < 1.29 is 14.4 Å². The van der Waals surface area contributed by atoms with Gasteiger partial charge in [0.05, 0.1) is 6.67 Å². The van der Waals surface area contributed by atoms with Gasteiger partial charge in [-0.3, -0.25) is 15.1 Å². The average Bonchev–Trinajstić information content (AvgIpc) is 3.79. The normalized spacial score (nSPS) is 13.6. The molecule has 0 unspecified atom stereocenters. The third kappa shape index (κ3) is 12.5. The fourth-order valence-corrected chi connectivity index (χ4v) is 3.84. The predicted molar refractivity (Wildman–Crippen MR) is 174 cm³/mol. The van der Waals surface area contributed by atoms with Crippen LogP contribution in [0.2, 0.25) is 0 Å². The van der Waals surface area contributed by atoms with Gasteiger partial charge in [0.25, 0.3) is 0 Å². The molecule has 3 rings (SSSR count). The van der Waals surface area contributed by atoms with E-state index in [0.29, 0.717) is 49.0 Å². The van der Waals surface area contributed by atoms with E-state index in [9.17, 15) is 4.79 Å². The lowest BCUT2D eigenvalue weighted by molar-refractivity contribution is -0.129. The van der Waals surface area contributed by atoms with Gasteiger partial charge in [-0.2, -0.15) is 0 Å². The number of Topliss-reactive ketones (excluding diaryl/α,β-unsaturated/α-hetero) is 1. The van der Waals surface area contributed by atoms with Gasteiger partial charge in [-0.1, -0.05) is 69.2 Å². The number of carbonyl (C=O) groups excluding carboxylic acids is 1. The molecule has 42 heavy (non-hydrogen) atoms. The maximum Gasteiger partial charge on any atom is 0.221 e. The minimum Gasteiger partial charge on any atom is -0.480 e. The van der Waals surface area contributed by atoms with E-state index in [4.69, 9.17) is 20.0 Å². The number of ether oxygens (including phenoxy) is 1. The third-order valence-corrected chi connectivity index (χ3v) is 6.73. The highest BCUT2D eigenvalue weighted by Crippen LogP contribution is 2.26. The van der Waals surface area contributed by atoms with Crippen LogP contribution in [-0.2, 0) is 22.6 Å². The van der Waals surface area contributed by atoms with Crippen LogP contribution in [0.1, 0.15) is 84.4 Å². The van der Waals surface area contributed by atoms with E-state index in [0.717, 1.165) is 29.7 Å². The van der Waals surface area contributed by atoms with Crippen molar-refractivity contribution in [3.05, 3.63) is 65.2 Å². The lowest BCUT2D eigenvalue weighted by Crippen LogP contribution is -2.36. The van der Waals surface area contributed by atoms with Crippen LogP contribution in [0.5, 0.6) is 5.75 Å². The monoisotopic (exact) mass is 575 g/mol. The molecule has 1 fully saturated rings. The molecule has 0 saturated heterocycles. The van der Waals surface area contributed by atoms with Crippen molar-refractivity contribution in [2.75, 3.05) is 13.2 Å². The van der Waals surface area contributed by atoms with Crippen molar-refractivity contribution in [1.29, 1.82) is 5.41 Å². The van der Waals surface area contributed by atoms with Crippen LogP contribution in [0.25, 0.3) is 0 Å². The van der Waals surface area contributed by atoms with Gasteiger partial charge in [0.15, 0.2) is 17.2 Å². The van der Waals surface area contributed by atoms with Gasteiger partial charge in [0.2, 0.25) is 5.90 Å². The molecule has 0 aromatic heterocycles. The topological polar surface area (TPSA) is 99.7 Å². The lowest BCUT2D eigenvalue weighted by Gasteiger charge is -2.23. The van der Waals surface area contributed by atoms with Crippen LogP contribution in [0, 0.1) is 17.2 Å². The van der Waals surface area contributed by atoms with Gasteiger partial charge in [-0.15, -0.1) is 0 Å². The molecule has 0 amide bonds. The van der Waals surface area contributed by atoms with Crippen LogP contribution in [0.15, 0.2) is 63.7 Å². The number of hydrogen-bond donors (Lipinski definition) is 1. The molecule has 228 valence electrons. The summed E-state index contributed by atoms with van der Waals surface area (Å²) in [7, 11) is 0. The van der Waals surface area contributed by atoms with Crippen LogP contribution in [0.3, 0.4) is 0 Å². The Balaban J connectivity index is 0.00000301. The fourth-order valence-electron chi connectivity index (χ4n) is 3.84. The Hall–Kier alpha value is -3.65. The van der Waals surface area contributed by atoms with Gasteiger partial charge in [0, 0.05) is 38.0 Å². The number of rotatable bonds is 15. The molecule has 1 N–H and O–H groups in total. The van der Waals surface area contributed by atoms with Crippen LogP contribution in [0.4, 0.5) is 0 Å². The number of oxime groups is 1. The highest BCUT2D eigenvalue weighted by molar-refractivity contribution is 6.01. The second-order valence-corrected chi connectivity index (χ2v) is 11.3. The Bertz CT molecular complexity index is 1200. The molecule has 2 aromatic carbocycles.